The quantitative estimate of drug-likeness (QED) is 0.158. The van der Waals surface area contributed by atoms with Crippen LogP contribution in [-0.4, -0.2) is 90.7 Å². The average Bonchev–Trinajstić information content (AvgIpc) is 3.92. The molecule has 0 unspecified atom stereocenters. The number of ether oxygens (including phenoxy) is 4. The molecule has 0 spiro atoms. The number of aryl methyl sites for hydroxylation is 2. The third-order valence-corrected chi connectivity index (χ3v) is 12.9. The predicted octanol–water partition coefficient (Wildman–Crippen LogP) is 7.84. The topological polar surface area (TPSA) is 164 Å². The molecule has 352 valence electrons. The first kappa shape index (κ1) is 47.1. The fraction of sp³-hybridized carbons (Fsp3) is 0.434. The Morgan fingerprint density at radius 2 is 1.15 bits per heavy atom. The van der Waals surface area contributed by atoms with Gasteiger partial charge in [-0.2, -0.15) is 0 Å². The highest BCUT2D eigenvalue weighted by Gasteiger charge is 2.32. The zero-order valence-electron chi connectivity index (χ0n) is 39.4. The van der Waals surface area contributed by atoms with E-state index in [0.717, 1.165) is 32.3 Å². The van der Waals surface area contributed by atoms with Gasteiger partial charge in [-0.3, -0.25) is 14.4 Å². The number of benzene rings is 2. The Hall–Kier alpha value is -6.38. The summed E-state index contributed by atoms with van der Waals surface area (Å²) in [6.07, 6.45) is 13.3. The Morgan fingerprint density at radius 3 is 1.55 bits per heavy atom. The zero-order chi connectivity index (χ0) is 47.5. The first-order valence-corrected chi connectivity index (χ1v) is 23.5. The normalized spacial score (nSPS) is 17.4. The van der Waals surface area contributed by atoms with E-state index in [1.165, 1.54) is 47.7 Å². The van der Waals surface area contributed by atoms with E-state index < -0.39 is 17.0 Å². The number of nitrogens with zero attached hydrogens (tertiary/aromatic N) is 5. The highest BCUT2D eigenvalue weighted by Crippen LogP contribution is 2.29. The van der Waals surface area contributed by atoms with Crippen molar-refractivity contribution < 1.29 is 33.6 Å². The number of amides is 1. The molecule has 14 heteroatoms. The largest absolute Gasteiger partial charge is 0.488 e. The summed E-state index contributed by atoms with van der Waals surface area (Å²) in [5.41, 5.74) is 4.96. The maximum Gasteiger partial charge on any atom is 0.341 e. The number of fused-ring (bicyclic) bond motifs is 4. The lowest BCUT2D eigenvalue weighted by Gasteiger charge is -2.38. The second kappa shape index (κ2) is 19.8. The molecule has 0 radical (unpaired) electrons. The molecule has 1 amide bonds. The molecule has 4 aromatic heterocycles. The van der Waals surface area contributed by atoms with Gasteiger partial charge in [-0.25, -0.2) is 14.8 Å². The summed E-state index contributed by atoms with van der Waals surface area (Å²) in [5.74, 6) is -0.468. The molecule has 6 aromatic rings. The number of carboxylic acids is 1. The van der Waals surface area contributed by atoms with Crippen LogP contribution in [0.3, 0.4) is 0 Å². The van der Waals surface area contributed by atoms with Gasteiger partial charge >= 0.3 is 5.97 Å². The van der Waals surface area contributed by atoms with E-state index in [1.54, 1.807) is 40.2 Å². The predicted molar refractivity (Wildman–Crippen MR) is 257 cm³/mol. The number of aromatic carboxylic acids is 1. The van der Waals surface area contributed by atoms with Crippen molar-refractivity contribution in [1.29, 1.82) is 0 Å². The molecule has 14 nitrogen and oxygen atoms in total. The van der Waals surface area contributed by atoms with Gasteiger partial charge in [0.25, 0.3) is 5.91 Å². The fourth-order valence-electron chi connectivity index (χ4n) is 9.45. The molecule has 0 saturated carbocycles. The molecule has 2 aliphatic carbocycles. The van der Waals surface area contributed by atoms with E-state index in [2.05, 4.69) is 48.1 Å². The van der Waals surface area contributed by atoms with Gasteiger partial charge in [-0.1, -0.05) is 48.5 Å². The summed E-state index contributed by atoms with van der Waals surface area (Å²) in [5, 5.41) is 9.95. The summed E-state index contributed by atoms with van der Waals surface area (Å²) < 4.78 is 27.0. The monoisotopic (exact) mass is 911 g/mol. The van der Waals surface area contributed by atoms with Gasteiger partial charge in [0, 0.05) is 70.9 Å². The molecule has 4 aliphatic rings. The lowest BCUT2D eigenvalue weighted by atomic mass is 9.99. The van der Waals surface area contributed by atoms with Gasteiger partial charge in [0.1, 0.15) is 46.1 Å². The Bertz CT molecular complexity index is 2860. The summed E-state index contributed by atoms with van der Waals surface area (Å²) in [6.45, 7) is 15.5. The smallest absolute Gasteiger partial charge is 0.341 e. The van der Waals surface area contributed by atoms with Crippen LogP contribution in [0, 0.1) is 0 Å². The molecule has 1 N–H and O–H groups in total. The second-order valence-electron chi connectivity index (χ2n) is 18.9. The van der Waals surface area contributed by atoms with Crippen molar-refractivity contribution in [3.05, 3.63) is 139 Å². The second-order valence-corrected chi connectivity index (χ2v) is 18.9. The molecule has 67 heavy (non-hydrogen) atoms. The Kier molecular flexibility index (Phi) is 14.0. The van der Waals surface area contributed by atoms with Crippen molar-refractivity contribution in [3.63, 3.8) is 0 Å². The van der Waals surface area contributed by atoms with Gasteiger partial charge in [-0.05, 0) is 95.2 Å². The summed E-state index contributed by atoms with van der Waals surface area (Å²) in [6, 6.07) is 19.9. The molecular weight excluding hydrogens is 851 g/mol. The van der Waals surface area contributed by atoms with Crippen LogP contribution in [0.2, 0.25) is 0 Å². The third-order valence-electron chi connectivity index (χ3n) is 12.9. The average molecular weight is 912 g/mol. The molecule has 2 aliphatic heterocycles. The molecule has 2 fully saturated rings. The maximum atomic E-state index is 13.4. The minimum atomic E-state index is -1.24. The molecule has 10 rings (SSSR count). The van der Waals surface area contributed by atoms with Crippen LogP contribution < -0.4 is 20.3 Å². The maximum absolute atomic E-state index is 13.4. The van der Waals surface area contributed by atoms with E-state index >= 15 is 0 Å². The molecular formula is C53H61N5O9. The summed E-state index contributed by atoms with van der Waals surface area (Å²) in [7, 11) is 0. The number of rotatable bonds is 8. The standard InChI is InChI=1S/C26H29N3O4.C20H18N2O4.C7H14O/c1-4-28-15-22(25(31)29-9-10-32-26(2,3)16-29)23(30)21-13-20(14-27-24(21)28)33-19-11-17-7-5-6-8-18(17)12-19;1-2-22-11-17(20(24)25)18(23)16-9-15(10-21-19(16)22)26-14-7-12-5-3-4-6-13(12)8-14;1-7(2)5-3-4-6-8-7/h5-8,13-15,19H,4,9-12,16H2,1-3H3;3-6,9-11,14H,2,7-8H2,1H3,(H,24,25);3-6H2,1-2H3. The van der Waals surface area contributed by atoms with E-state index in [-0.39, 0.29) is 45.7 Å². The van der Waals surface area contributed by atoms with Crippen LogP contribution >= 0.6 is 0 Å². The molecule has 6 heterocycles. The van der Waals surface area contributed by atoms with Gasteiger partial charge in [0.15, 0.2) is 0 Å². The third kappa shape index (κ3) is 10.8. The number of aromatic nitrogens is 4. The van der Waals surface area contributed by atoms with Gasteiger partial charge in [0.05, 0.1) is 41.0 Å². The number of pyridine rings is 4. The van der Waals surface area contributed by atoms with Crippen molar-refractivity contribution in [2.75, 3.05) is 26.3 Å². The minimum absolute atomic E-state index is 0.00967. The summed E-state index contributed by atoms with van der Waals surface area (Å²) in [4.78, 5) is 61.2. The van der Waals surface area contributed by atoms with E-state index in [9.17, 15) is 24.3 Å². The van der Waals surface area contributed by atoms with E-state index in [4.69, 9.17) is 18.9 Å². The fourth-order valence-corrected chi connectivity index (χ4v) is 9.45. The van der Waals surface area contributed by atoms with Crippen molar-refractivity contribution >= 4 is 33.9 Å². The van der Waals surface area contributed by atoms with Crippen molar-refractivity contribution in [1.82, 2.24) is 24.0 Å². The van der Waals surface area contributed by atoms with Crippen LogP contribution in [-0.2, 0) is 48.2 Å². The molecule has 2 saturated heterocycles. The molecule has 0 atom stereocenters. The molecule has 0 bridgehead atoms. The van der Waals surface area contributed by atoms with Crippen molar-refractivity contribution in [2.45, 2.75) is 123 Å². The highest BCUT2D eigenvalue weighted by molar-refractivity contribution is 5.97. The highest BCUT2D eigenvalue weighted by atomic mass is 16.5. The number of hydrogen-bond acceptors (Lipinski definition) is 10. The number of carbonyl (C=O) groups is 2. The minimum Gasteiger partial charge on any atom is -0.488 e. The number of carbonyl (C=O) groups excluding carboxylic acids is 1. The Balaban J connectivity index is 0.000000159. The lowest BCUT2D eigenvalue weighted by Crippen LogP contribution is -2.51. The Morgan fingerprint density at radius 1 is 0.687 bits per heavy atom. The SMILES string of the molecule is CC1(C)CCCCO1.CCn1cc(C(=O)N2CCOC(C)(C)C2)c(=O)c2cc(OC3Cc4ccccc4C3)cnc21.CCn1cc(C(=O)O)c(=O)c2cc(OC3Cc4ccccc4C3)cnc21. The molecule has 2 aromatic carbocycles. The first-order chi connectivity index (χ1) is 32.1. The number of morpholine rings is 1. The van der Waals surface area contributed by atoms with Gasteiger partial charge in [0.2, 0.25) is 10.9 Å². The number of hydrogen-bond donors (Lipinski definition) is 1. The van der Waals surface area contributed by atoms with Crippen LogP contribution in [0.25, 0.3) is 22.1 Å². The van der Waals surface area contributed by atoms with Gasteiger partial charge < -0.3 is 38.1 Å². The zero-order valence-corrected chi connectivity index (χ0v) is 39.4. The Labute approximate surface area is 390 Å². The van der Waals surface area contributed by atoms with Gasteiger partial charge in [-0.15, -0.1) is 0 Å². The van der Waals surface area contributed by atoms with E-state index in [1.807, 2.05) is 56.5 Å². The van der Waals surface area contributed by atoms with Crippen molar-refractivity contribution in [3.8, 4) is 11.5 Å². The first-order valence-electron chi connectivity index (χ1n) is 23.5. The van der Waals surface area contributed by atoms with Crippen LogP contribution in [0.5, 0.6) is 11.5 Å². The summed E-state index contributed by atoms with van der Waals surface area (Å²) >= 11 is 0. The lowest BCUT2D eigenvalue weighted by molar-refractivity contribution is -0.0764. The van der Waals surface area contributed by atoms with Crippen LogP contribution in [0.15, 0.2) is 95.0 Å². The van der Waals surface area contributed by atoms with Crippen molar-refractivity contribution in [2.24, 2.45) is 0 Å². The van der Waals surface area contributed by atoms with Crippen LogP contribution in [0.4, 0.5) is 0 Å². The van der Waals surface area contributed by atoms with E-state index in [0.29, 0.717) is 61.0 Å². The van der Waals surface area contributed by atoms with Crippen LogP contribution in [0.1, 0.15) is 104 Å². The number of carboxylic acid groups (broad SMARTS) is 1.